The fourth-order valence-electron chi connectivity index (χ4n) is 4.13. The van der Waals surface area contributed by atoms with Crippen molar-refractivity contribution >= 4 is 28.7 Å². The minimum atomic E-state index is -0.382. The zero-order chi connectivity index (χ0) is 22.9. The van der Waals surface area contributed by atoms with E-state index in [1.165, 1.54) is 0 Å². The number of benzene rings is 1. The number of para-hydroxylation sites is 1. The van der Waals surface area contributed by atoms with E-state index < -0.39 is 0 Å². The highest BCUT2D eigenvalue weighted by Crippen LogP contribution is 2.35. The number of nitrogens with zero attached hydrogens (tertiary/aromatic N) is 2. The van der Waals surface area contributed by atoms with Gasteiger partial charge in [-0.15, -0.1) is 0 Å². The van der Waals surface area contributed by atoms with E-state index in [0.29, 0.717) is 32.0 Å². The molecule has 7 heteroatoms. The summed E-state index contributed by atoms with van der Waals surface area (Å²) >= 11 is 0. The van der Waals surface area contributed by atoms with E-state index >= 15 is 0 Å². The summed E-state index contributed by atoms with van der Waals surface area (Å²) in [5.41, 5.74) is 2.60. The maximum Gasteiger partial charge on any atom is 0.237 e. The standard InChI is InChI=1S/C26H25N3O4/c1-3-16(2)23(30)22-24(31)21(13-18-14-28-25-19(18)8-6-10-27-25)33-26(22)29-11-12-32-20-9-5-4-7-17(20)15-29/h4-10,13-14,16H,3,11-12,15H2,1-2H3,(H,27,28)/b21-13-. The quantitative estimate of drug-likeness (QED) is 0.469. The first-order valence-corrected chi connectivity index (χ1v) is 11.2. The van der Waals surface area contributed by atoms with Crippen molar-refractivity contribution in [3.63, 3.8) is 0 Å². The Labute approximate surface area is 191 Å². The van der Waals surface area contributed by atoms with Crippen LogP contribution in [0.2, 0.25) is 0 Å². The van der Waals surface area contributed by atoms with E-state index in [0.717, 1.165) is 27.9 Å². The number of pyridine rings is 1. The number of H-pyrrole nitrogens is 1. The summed E-state index contributed by atoms with van der Waals surface area (Å²) in [4.78, 5) is 36.1. The molecule has 7 nitrogen and oxygen atoms in total. The Morgan fingerprint density at radius 3 is 2.97 bits per heavy atom. The van der Waals surface area contributed by atoms with E-state index in [4.69, 9.17) is 9.47 Å². The van der Waals surface area contributed by atoms with Gasteiger partial charge in [-0.2, -0.15) is 0 Å². The third-order valence-corrected chi connectivity index (χ3v) is 6.19. The summed E-state index contributed by atoms with van der Waals surface area (Å²) in [5, 5.41) is 0.877. The molecule has 0 bridgehead atoms. The molecule has 33 heavy (non-hydrogen) atoms. The molecule has 0 fully saturated rings. The predicted octanol–water partition coefficient (Wildman–Crippen LogP) is 4.22. The molecule has 0 saturated carbocycles. The summed E-state index contributed by atoms with van der Waals surface area (Å²) in [6, 6.07) is 11.5. The van der Waals surface area contributed by atoms with E-state index in [1.54, 1.807) is 18.5 Å². The smallest absolute Gasteiger partial charge is 0.237 e. The van der Waals surface area contributed by atoms with Gasteiger partial charge in [0.15, 0.2) is 11.5 Å². The van der Waals surface area contributed by atoms with Crippen LogP contribution in [0.25, 0.3) is 17.1 Å². The lowest BCUT2D eigenvalue weighted by Gasteiger charge is -2.23. The van der Waals surface area contributed by atoms with Gasteiger partial charge in [0.25, 0.3) is 0 Å². The minimum Gasteiger partial charge on any atom is -0.491 e. The summed E-state index contributed by atoms with van der Waals surface area (Å²) in [5.74, 6) is 0.401. The molecular weight excluding hydrogens is 418 g/mol. The molecule has 1 N–H and O–H groups in total. The first-order valence-electron chi connectivity index (χ1n) is 11.2. The second kappa shape index (κ2) is 8.58. The van der Waals surface area contributed by atoms with Gasteiger partial charge in [-0.3, -0.25) is 9.59 Å². The molecule has 5 rings (SSSR count). The van der Waals surface area contributed by atoms with Crippen LogP contribution in [0.4, 0.5) is 0 Å². The van der Waals surface area contributed by atoms with Crippen molar-refractivity contribution in [2.75, 3.05) is 13.2 Å². The van der Waals surface area contributed by atoms with Crippen LogP contribution in [-0.4, -0.2) is 39.6 Å². The van der Waals surface area contributed by atoms with Gasteiger partial charge in [-0.05, 0) is 30.7 Å². The minimum absolute atomic E-state index is 0.118. The van der Waals surface area contributed by atoms with Gasteiger partial charge in [0.05, 0.1) is 6.54 Å². The zero-order valence-electron chi connectivity index (χ0n) is 18.6. The largest absolute Gasteiger partial charge is 0.491 e. The Bertz CT molecular complexity index is 1300. The van der Waals surface area contributed by atoms with Gasteiger partial charge in [0, 0.05) is 41.4 Å². The van der Waals surface area contributed by atoms with Gasteiger partial charge in [-0.1, -0.05) is 32.0 Å². The lowest BCUT2D eigenvalue weighted by atomic mass is 9.94. The van der Waals surface area contributed by atoms with Crippen molar-refractivity contribution in [2.45, 2.75) is 26.8 Å². The molecule has 1 unspecified atom stereocenters. The van der Waals surface area contributed by atoms with Crippen LogP contribution in [0.1, 0.15) is 31.4 Å². The Hall–Kier alpha value is -3.87. The number of rotatable bonds is 5. The number of nitrogens with one attached hydrogen (secondary N) is 1. The molecule has 2 aromatic heterocycles. The van der Waals surface area contributed by atoms with Crippen LogP contribution in [-0.2, 0) is 20.9 Å². The molecule has 3 aromatic rings. The van der Waals surface area contributed by atoms with E-state index in [9.17, 15) is 9.59 Å². The highest BCUT2D eigenvalue weighted by Gasteiger charge is 2.40. The molecule has 1 aromatic carbocycles. The Kier molecular flexibility index (Phi) is 5.46. The monoisotopic (exact) mass is 443 g/mol. The number of aromatic amines is 1. The zero-order valence-corrected chi connectivity index (χ0v) is 18.6. The molecule has 0 radical (unpaired) electrons. The molecule has 0 spiro atoms. The highest BCUT2D eigenvalue weighted by molar-refractivity contribution is 6.28. The van der Waals surface area contributed by atoms with Gasteiger partial charge in [0.2, 0.25) is 11.7 Å². The highest BCUT2D eigenvalue weighted by atomic mass is 16.5. The number of carbonyl (C=O) groups is 2. The Balaban J connectivity index is 1.55. The number of hydrogen-bond acceptors (Lipinski definition) is 6. The molecule has 2 aliphatic rings. The van der Waals surface area contributed by atoms with Crippen LogP contribution in [0.5, 0.6) is 5.75 Å². The van der Waals surface area contributed by atoms with Crippen molar-refractivity contribution in [1.82, 2.24) is 14.9 Å². The third kappa shape index (κ3) is 3.80. The fourth-order valence-corrected chi connectivity index (χ4v) is 4.13. The number of carbonyl (C=O) groups excluding carboxylic acids is 2. The number of fused-ring (bicyclic) bond motifs is 2. The van der Waals surface area contributed by atoms with Crippen LogP contribution in [0.3, 0.4) is 0 Å². The van der Waals surface area contributed by atoms with Gasteiger partial charge in [-0.25, -0.2) is 4.98 Å². The van der Waals surface area contributed by atoms with Crippen molar-refractivity contribution in [2.24, 2.45) is 5.92 Å². The molecule has 4 heterocycles. The number of aromatic nitrogens is 2. The number of allylic oxidation sites excluding steroid dienone is 1. The lowest BCUT2D eigenvalue weighted by molar-refractivity contribution is -0.122. The molecule has 2 aliphatic heterocycles. The van der Waals surface area contributed by atoms with Crippen LogP contribution in [0.15, 0.2) is 66.0 Å². The van der Waals surface area contributed by atoms with Gasteiger partial charge in [0.1, 0.15) is 23.6 Å². The fraction of sp³-hybridized carbons (Fsp3) is 0.269. The topological polar surface area (TPSA) is 84.5 Å². The van der Waals surface area contributed by atoms with Crippen LogP contribution < -0.4 is 4.74 Å². The maximum atomic E-state index is 13.5. The molecular formula is C26H25N3O4. The van der Waals surface area contributed by atoms with Crippen molar-refractivity contribution < 1.29 is 19.1 Å². The average Bonchev–Trinajstić information content (AvgIpc) is 3.30. The first-order chi connectivity index (χ1) is 16.1. The Morgan fingerprint density at radius 1 is 1.27 bits per heavy atom. The third-order valence-electron chi connectivity index (χ3n) is 6.19. The summed E-state index contributed by atoms with van der Waals surface area (Å²) in [6.07, 6.45) is 5.81. The first kappa shape index (κ1) is 21.0. The number of ketones is 2. The summed E-state index contributed by atoms with van der Waals surface area (Å²) in [6.45, 7) is 5.19. The molecule has 0 saturated heterocycles. The SMILES string of the molecule is CCC(C)C(=O)C1=C(N2CCOc3ccccc3C2)O/C(=C\c2c[nH]c3ncccc23)C1=O. The van der Waals surface area contributed by atoms with Crippen LogP contribution in [0, 0.1) is 5.92 Å². The lowest BCUT2D eigenvalue weighted by Crippen LogP contribution is -2.28. The Morgan fingerprint density at radius 2 is 2.12 bits per heavy atom. The average molecular weight is 444 g/mol. The van der Waals surface area contributed by atoms with E-state index in [2.05, 4.69) is 9.97 Å². The van der Waals surface area contributed by atoms with Crippen molar-refractivity contribution in [1.29, 1.82) is 0 Å². The molecule has 1 atom stereocenters. The van der Waals surface area contributed by atoms with E-state index in [1.807, 2.05) is 55.1 Å². The van der Waals surface area contributed by atoms with Crippen molar-refractivity contribution in [3.05, 3.63) is 77.1 Å². The predicted molar refractivity (Wildman–Crippen MR) is 124 cm³/mol. The van der Waals surface area contributed by atoms with Crippen molar-refractivity contribution in [3.8, 4) is 5.75 Å². The summed E-state index contributed by atoms with van der Waals surface area (Å²) in [7, 11) is 0. The second-order valence-corrected chi connectivity index (χ2v) is 8.31. The second-order valence-electron chi connectivity index (χ2n) is 8.31. The number of hydrogen-bond donors (Lipinski definition) is 1. The molecule has 0 aliphatic carbocycles. The molecule has 168 valence electrons. The normalized spacial score (nSPS) is 18.2. The molecule has 0 amide bonds. The number of Topliss-reactive ketones (excluding diaryl/α,β-unsaturated/α-hetero) is 2. The van der Waals surface area contributed by atoms with Gasteiger partial charge >= 0.3 is 0 Å². The number of ether oxygens (including phenoxy) is 2. The summed E-state index contributed by atoms with van der Waals surface area (Å²) < 4.78 is 12.0. The van der Waals surface area contributed by atoms with Gasteiger partial charge < -0.3 is 19.4 Å². The maximum absolute atomic E-state index is 13.5. The van der Waals surface area contributed by atoms with E-state index in [-0.39, 0.29) is 28.8 Å². The van der Waals surface area contributed by atoms with Crippen LogP contribution >= 0.6 is 0 Å².